The molecule has 1 amide bonds. The summed E-state index contributed by atoms with van der Waals surface area (Å²) >= 11 is 1.21. The van der Waals surface area contributed by atoms with Crippen molar-refractivity contribution in [2.75, 3.05) is 22.1 Å². The minimum atomic E-state index is 0.0206. The van der Waals surface area contributed by atoms with E-state index in [0.717, 1.165) is 18.5 Å². The zero-order chi connectivity index (χ0) is 16.4. The minimum absolute atomic E-state index is 0.0206. The van der Waals surface area contributed by atoms with Crippen LogP contribution in [0.5, 0.6) is 0 Å². The first kappa shape index (κ1) is 15.5. The van der Waals surface area contributed by atoms with Gasteiger partial charge in [-0.3, -0.25) is 4.79 Å². The lowest BCUT2D eigenvalue weighted by Gasteiger charge is -2.35. The molecule has 1 atom stereocenters. The lowest BCUT2D eigenvalue weighted by atomic mass is 9.97. The van der Waals surface area contributed by atoms with Crippen molar-refractivity contribution in [2.24, 2.45) is 0 Å². The summed E-state index contributed by atoms with van der Waals surface area (Å²) in [5.74, 6) is 0.363. The number of hydrogen-bond acceptors (Lipinski definition) is 7. The second kappa shape index (κ2) is 6.41. The highest BCUT2D eigenvalue weighted by Gasteiger charge is 2.27. The predicted octanol–water partition coefficient (Wildman–Crippen LogP) is 1.50. The second-order valence-corrected chi connectivity index (χ2v) is 6.35. The summed E-state index contributed by atoms with van der Waals surface area (Å²) in [5, 5.41) is 0.362. The van der Waals surface area contributed by atoms with Crippen LogP contribution in [0, 0.1) is 0 Å². The Hall–Kier alpha value is -2.35. The first-order valence-electron chi connectivity index (χ1n) is 7.34. The largest absolute Gasteiger partial charge is 0.368 e. The van der Waals surface area contributed by atoms with Crippen LogP contribution in [0.2, 0.25) is 0 Å². The van der Waals surface area contributed by atoms with E-state index in [1.807, 2.05) is 23.1 Å². The molecule has 1 aromatic heterocycles. The van der Waals surface area contributed by atoms with E-state index in [9.17, 15) is 4.79 Å². The number of nitrogen functional groups attached to an aromatic ring is 2. The highest BCUT2D eigenvalue weighted by molar-refractivity contribution is 7.99. The van der Waals surface area contributed by atoms with E-state index in [0.29, 0.717) is 5.16 Å². The summed E-state index contributed by atoms with van der Waals surface area (Å²) in [7, 11) is 0. The van der Waals surface area contributed by atoms with Crippen molar-refractivity contribution in [3.05, 3.63) is 29.8 Å². The maximum atomic E-state index is 12.7. The Morgan fingerprint density at radius 2 is 1.96 bits per heavy atom. The molecule has 0 bridgehead atoms. The van der Waals surface area contributed by atoms with E-state index in [-0.39, 0.29) is 29.6 Å². The summed E-state index contributed by atoms with van der Waals surface area (Å²) in [6, 6.07) is 8.20. The van der Waals surface area contributed by atoms with Gasteiger partial charge in [-0.05, 0) is 31.4 Å². The van der Waals surface area contributed by atoms with Gasteiger partial charge < -0.3 is 16.4 Å². The Kier molecular flexibility index (Phi) is 4.33. The Morgan fingerprint density at radius 3 is 2.70 bits per heavy atom. The number of rotatable bonds is 3. The van der Waals surface area contributed by atoms with Gasteiger partial charge in [0.15, 0.2) is 5.16 Å². The molecule has 0 saturated heterocycles. The number of benzene rings is 1. The van der Waals surface area contributed by atoms with E-state index in [2.05, 4.69) is 27.9 Å². The van der Waals surface area contributed by atoms with Gasteiger partial charge in [0, 0.05) is 11.7 Å². The first-order valence-corrected chi connectivity index (χ1v) is 8.33. The summed E-state index contributed by atoms with van der Waals surface area (Å²) in [5.41, 5.74) is 13.3. The standard InChI is InChI=1S/C15H18N6OS/c1-9-6-7-10-4-2-3-5-11(10)21(9)12(22)8-23-15-19-13(16)18-14(17)20-15/h2-5,9H,6-8H2,1H3,(H4,16,17,18,19,20)/t9-/m1/s1. The maximum Gasteiger partial charge on any atom is 0.237 e. The van der Waals surface area contributed by atoms with Gasteiger partial charge in [0.2, 0.25) is 17.8 Å². The Labute approximate surface area is 138 Å². The lowest BCUT2D eigenvalue weighted by molar-refractivity contribution is -0.116. The molecule has 0 radical (unpaired) electrons. The molecule has 8 heteroatoms. The molecule has 0 saturated carbocycles. The molecule has 0 spiro atoms. The van der Waals surface area contributed by atoms with Crippen LogP contribution in [0.3, 0.4) is 0 Å². The fourth-order valence-corrected chi connectivity index (χ4v) is 3.42. The highest BCUT2D eigenvalue weighted by atomic mass is 32.2. The number of nitrogens with zero attached hydrogens (tertiary/aromatic N) is 4. The van der Waals surface area contributed by atoms with Gasteiger partial charge in [0.25, 0.3) is 0 Å². The molecule has 1 aliphatic rings. The third-order valence-electron chi connectivity index (χ3n) is 3.77. The molecule has 23 heavy (non-hydrogen) atoms. The highest BCUT2D eigenvalue weighted by Crippen LogP contribution is 2.31. The van der Waals surface area contributed by atoms with Crippen LogP contribution >= 0.6 is 11.8 Å². The molecule has 0 fully saturated rings. The topological polar surface area (TPSA) is 111 Å². The molecule has 120 valence electrons. The second-order valence-electron chi connectivity index (χ2n) is 5.40. The molecule has 4 N–H and O–H groups in total. The Morgan fingerprint density at radius 1 is 1.26 bits per heavy atom. The quantitative estimate of drug-likeness (QED) is 0.820. The van der Waals surface area contributed by atoms with Crippen molar-refractivity contribution in [2.45, 2.75) is 31.0 Å². The molecular formula is C15H18N6OS. The number of aromatic nitrogens is 3. The average molecular weight is 330 g/mol. The lowest BCUT2D eigenvalue weighted by Crippen LogP contribution is -2.43. The first-order chi connectivity index (χ1) is 11.0. The minimum Gasteiger partial charge on any atom is -0.368 e. The van der Waals surface area contributed by atoms with Crippen molar-refractivity contribution in [1.82, 2.24) is 15.0 Å². The molecule has 7 nitrogen and oxygen atoms in total. The van der Waals surface area contributed by atoms with Crippen LogP contribution in [-0.2, 0) is 11.2 Å². The van der Waals surface area contributed by atoms with Crippen molar-refractivity contribution in [3.8, 4) is 0 Å². The van der Waals surface area contributed by atoms with E-state index >= 15 is 0 Å². The van der Waals surface area contributed by atoms with Crippen molar-refractivity contribution >= 4 is 35.3 Å². The summed E-state index contributed by atoms with van der Waals surface area (Å²) < 4.78 is 0. The number of aryl methyl sites for hydroxylation is 1. The molecule has 1 aromatic carbocycles. The maximum absolute atomic E-state index is 12.7. The van der Waals surface area contributed by atoms with E-state index < -0.39 is 0 Å². The molecule has 0 unspecified atom stereocenters. The van der Waals surface area contributed by atoms with Crippen molar-refractivity contribution < 1.29 is 4.79 Å². The normalized spacial score (nSPS) is 16.9. The SMILES string of the molecule is C[C@@H]1CCc2ccccc2N1C(=O)CSc1nc(N)nc(N)n1. The average Bonchev–Trinajstić information content (AvgIpc) is 2.51. The zero-order valence-corrected chi connectivity index (χ0v) is 13.6. The van der Waals surface area contributed by atoms with E-state index in [1.54, 1.807) is 0 Å². The number of anilines is 3. The third-order valence-corrected chi connectivity index (χ3v) is 4.60. The number of hydrogen-bond donors (Lipinski definition) is 2. The smallest absolute Gasteiger partial charge is 0.237 e. The monoisotopic (exact) mass is 330 g/mol. The van der Waals surface area contributed by atoms with Gasteiger partial charge in [-0.1, -0.05) is 30.0 Å². The van der Waals surface area contributed by atoms with Crippen LogP contribution in [0.1, 0.15) is 18.9 Å². The van der Waals surface area contributed by atoms with E-state index in [4.69, 9.17) is 11.5 Å². The van der Waals surface area contributed by atoms with Crippen molar-refractivity contribution in [1.29, 1.82) is 0 Å². The van der Waals surface area contributed by atoms with Gasteiger partial charge in [-0.2, -0.15) is 15.0 Å². The fourth-order valence-electron chi connectivity index (χ4n) is 2.72. The van der Waals surface area contributed by atoms with Crippen LogP contribution in [0.4, 0.5) is 17.6 Å². The van der Waals surface area contributed by atoms with Gasteiger partial charge in [0.05, 0.1) is 5.75 Å². The van der Waals surface area contributed by atoms with Crippen LogP contribution in [-0.4, -0.2) is 32.7 Å². The number of carbonyl (C=O) groups is 1. The summed E-state index contributed by atoms with van der Waals surface area (Å²) in [6.45, 7) is 2.07. The van der Waals surface area contributed by atoms with Crippen LogP contribution in [0.15, 0.2) is 29.4 Å². The number of nitrogens with two attached hydrogens (primary N) is 2. The number of thioether (sulfide) groups is 1. The number of fused-ring (bicyclic) bond motifs is 1. The Bertz CT molecular complexity index is 717. The van der Waals surface area contributed by atoms with E-state index in [1.165, 1.54) is 17.3 Å². The number of para-hydroxylation sites is 1. The molecule has 1 aliphatic heterocycles. The van der Waals surface area contributed by atoms with Gasteiger partial charge in [-0.15, -0.1) is 0 Å². The third kappa shape index (κ3) is 3.37. The predicted molar refractivity (Wildman–Crippen MR) is 91.1 cm³/mol. The number of amides is 1. The molecule has 0 aliphatic carbocycles. The van der Waals surface area contributed by atoms with Crippen LogP contribution in [0.25, 0.3) is 0 Å². The molecular weight excluding hydrogens is 312 g/mol. The molecule has 2 aromatic rings. The molecule has 3 rings (SSSR count). The summed E-state index contributed by atoms with van der Waals surface area (Å²) in [4.78, 5) is 26.2. The van der Waals surface area contributed by atoms with Gasteiger partial charge >= 0.3 is 0 Å². The van der Waals surface area contributed by atoms with Gasteiger partial charge in [-0.25, -0.2) is 0 Å². The Balaban J connectivity index is 1.75. The zero-order valence-electron chi connectivity index (χ0n) is 12.8. The summed E-state index contributed by atoms with van der Waals surface area (Å²) in [6.07, 6.45) is 1.95. The van der Waals surface area contributed by atoms with Crippen molar-refractivity contribution in [3.63, 3.8) is 0 Å². The van der Waals surface area contributed by atoms with Gasteiger partial charge in [0.1, 0.15) is 0 Å². The van der Waals surface area contributed by atoms with Crippen LogP contribution < -0.4 is 16.4 Å². The molecule has 2 heterocycles. The fraction of sp³-hybridized carbons (Fsp3) is 0.333. The number of carbonyl (C=O) groups excluding carboxylic acids is 1.